The highest BCUT2D eigenvalue weighted by atomic mass is 15.1. The van der Waals surface area contributed by atoms with Gasteiger partial charge in [-0.1, -0.05) is 36.4 Å². The lowest BCUT2D eigenvalue weighted by molar-refractivity contribution is 0.873. The highest BCUT2D eigenvalue weighted by molar-refractivity contribution is 5.94. The van der Waals surface area contributed by atoms with Gasteiger partial charge < -0.3 is 16.4 Å². The van der Waals surface area contributed by atoms with Gasteiger partial charge in [0.1, 0.15) is 12.0 Å². The van der Waals surface area contributed by atoms with Gasteiger partial charge in [-0.05, 0) is 36.8 Å². The molecule has 0 spiro atoms. The van der Waals surface area contributed by atoms with Gasteiger partial charge in [0.05, 0.1) is 11.6 Å². The molecule has 0 aliphatic carbocycles. The number of anilines is 4. The third-order valence-electron chi connectivity index (χ3n) is 4.44. The summed E-state index contributed by atoms with van der Waals surface area (Å²) < 4.78 is 0. The van der Waals surface area contributed by atoms with Crippen molar-refractivity contribution in [1.82, 2.24) is 15.0 Å². The molecule has 6 nitrogen and oxygen atoms in total. The van der Waals surface area contributed by atoms with Crippen LogP contribution < -0.4 is 16.4 Å². The molecule has 2 heterocycles. The van der Waals surface area contributed by atoms with E-state index in [2.05, 4.69) is 44.6 Å². The zero-order valence-corrected chi connectivity index (χ0v) is 14.9. The minimum absolute atomic E-state index is 0.0676. The number of nitrogen functional groups attached to an aromatic ring is 1. The summed E-state index contributed by atoms with van der Waals surface area (Å²) in [7, 11) is 0. The van der Waals surface area contributed by atoms with Gasteiger partial charge >= 0.3 is 0 Å². The fourth-order valence-corrected chi connectivity index (χ4v) is 2.98. The molecule has 0 fully saturated rings. The first kappa shape index (κ1) is 16.8. The third-order valence-corrected chi connectivity index (χ3v) is 4.44. The van der Waals surface area contributed by atoms with Crippen molar-refractivity contribution >= 4 is 33.9 Å². The third kappa shape index (κ3) is 3.50. The lowest BCUT2D eigenvalue weighted by Gasteiger charge is -2.18. The number of pyridine rings is 1. The number of hydrogen-bond acceptors (Lipinski definition) is 6. The molecule has 4 aromatic rings. The number of fused-ring (bicyclic) bond motifs is 1. The number of benzene rings is 2. The fourth-order valence-electron chi connectivity index (χ4n) is 2.98. The lowest BCUT2D eigenvalue weighted by atomic mass is 10.1. The summed E-state index contributed by atoms with van der Waals surface area (Å²) in [5, 5.41) is 7.68. The van der Waals surface area contributed by atoms with E-state index in [1.165, 1.54) is 6.33 Å². The first-order valence-electron chi connectivity index (χ1n) is 8.75. The Balaban J connectivity index is 1.62. The molecule has 6 heteroatoms. The Bertz CT molecular complexity index is 1060. The second-order valence-electron chi connectivity index (χ2n) is 6.26. The molecule has 0 bridgehead atoms. The van der Waals surface area contributed by atoms with Crippen molar-refractivity contribution in [3.8, 4) is 0 Å². The van der Waals surface area contributed by atoms with Gasteiger partial charge in [-0.25, -0.2) is 9.97 Å². The smallest absolute Gasteiger partial charge is 0.159 e. The van der Waals surface area contributed by atoms with Crippen molar-refractivity contribution in [3.05, 3.63) is 78.8 Å². The molecule has 1 unspecified atom stereocenters. The van der Waals surface area contributed by atoms with E-state index >= 15 is 0 Å². The fraction of sp³-hybridized carbons (Fsp3) is 0.0952. The zero-order valence-electron chi connectivity index (χ0n) is 14.9. The van der Waals surface area contributed by atoms with Crippen LogP contribution in [0.4, 0.5) is 23.0 Å². The minimum Gasteiger partial charge on any atom is -0.393 e. The van der Waals surface area contributed by atoms with Crippen molar-refractivity contribution in [2.24, 2.45) is 0 Å². The number of nitrogens with two attached hydrogens (primary N) is 1. The SMILES string of the molecule is CC(Nc1ncnc(Nc2cccc3ncccc23)c1N)c1ccccc1. The second-order valence-corrected chi connectivity index (χ2v) is 6.26. The molecule has 0 saturated heterocycles. The highest BCUT2D eigenvalue weighted by Gasteiger charge is 2.13. The molecule has 0 aliphatic rings. The quantitative estimate of drug-likeness (QED) is 0.487. The van der Waals surface area contributed by atoms with Crippen LogP contribution in [-0.2, 0) is 0 Å². The summed E-state index contributed by atoms with van der Waals surface area (Å²) in [4.78, 5) is 13.0. The van der Waals surface area contributed by atoms with Crippen molar-refractivity contribution in [1.29, 1.82) is 0 Å². The van der Waals surface area contributed by atoms with Crippen LogP contribution in [0.5, 0.6) is 0 Å². The lowest BCUT2D eigenvalue weighted by Crippen LogP contribution is -2.11. The van der Waals surface area contributed by atoms with Crippen molar-refractivity contribution in [3.63, 3.8) is 0 Å². The summed E-state index contributed by atoms with van der Waals surface area (Å²) in [5.74, 6) is 1.16. The molecule has 27 heavy (non-hydrogen) atoms. The van der Waals surface area contributed by atoms with Gasteiger partial charge in [0.2, 0.25) is 0 Å². The van der Waals surface area contributed by atoms with E-state index in [4.69, 9.17) is 5.73 Å². The Morgan fingerprint density at radius 1 is 0.852 bits per heavy atom. The Kier molecular flexibility index (Phi) is 4.53. The average molecular weight is 356 g/mol. The predicted octanol–water partition coefficient (Wildman–Crippen LogP) is 4.52. The summed E-state index contributed by atoms with van der Waals surface area (Å²) in [6.45, 7) is 2.07. The minimum atomic E-state index is 0.0676. The van der Waals surface area contributed by atoms with Crippen LogP contribution in [0.25, 0.3) is 10.9 Å². The van der Waals surface area contributed by atoms with E-state index in [1.54, 1.807) is 6.20 Å². The Hall–Kier alpha value is -3.67. The van der Waals surface area contributed by atoms with Gasteiger partial charge in [-0.2, -0.15) is 0 Å². The number of hydrogen-bond donors (Lipinski definition) is 3. The first-order chi connectivity index (χ1) is 13.2. The molecule has 1 atom stereocenters. The molecule has 0 amide bonds. The maximum atomic E-state index is 6.34. The second kappa shape index (κ2) is 7.29. The van der Waals surface area contributed by atoms with Crippen LogP contribution in [-0.4, -0.2) is 15.0 Å². The van der Waals surface area contributed by atoms with Gasteiger partial charge in [-0.3, -0.25) is 4.98 Å². The molecule has 0 aliphatic heterocycles. The summed E-state index contributed by atoms with van der Waals surface area (Å²) in [6.07, 6.45) is 3.28. The molecule has 134 valence electrons. The van der Waals surface area contributed by atoms with Gasteiger partial charge in [0.25, 0.3) is 0 Å². The number of nitrogens with zero attached hydrogens (tertiary/aromatic N) is 3. The van der Waals surface area contributed by atoms with E-state index < -0.39 is 0 Å². The molecule has 2 aromatic carbocycles. The van der Waals surface area contributed by atoms with Crippen LogP contribution in [0.3, 0.4) is 0 Å². The van der Waals surface area contributed by atoms with Crippen LogP contribution in [0, 0.1) is 0 Å². The van der Waals surface area contributed by atoms with Gasteiger partial charge in [-0.15, -0.1) is 0 Å². The van der Waals surface area contributed by atoms with Gasteiger partial charge in [0, 0.05) is 17.3 Å². The maximum absolute atomic E-state index is 6.34. The largest absolute Gasteiger partial charge is 0.393 e. The first-order valence-corrected chi connectivity index (χ1v) is 8.75. The molecular weight excluding hydrogens is 336 g/mol. The van der Waals surface area contributed by atoms with Crippen molar-refractivity contribution in [2.45, 2.75) is 13.0 Å². The molecule has 0 radical (unpaired) electrons. The topological polar surface area (TPSA) is 88.8 Å². The Morgan fingerprint density at radius 2 is 1.67 bits per heavy atom. The molecule has 4 N–H and O–H groups in total. The van der Waals surface area contributed by atoms with E-state index in [0.717, 1.165) is 22.2 Å². The standard InChI is InChI=1S/C21H20N6/c1-14(15-7-3-2-4-8-15)26-20-19(22)21(25-13-24-20)27-18-11-5-10-17-16(18)9-6-12-23-17/h2-14H,22H2,1H3,(H2,24,25,26,27). The highest BCUT2D eigenvalue weighted by Crippen LogP contribution is 2.30. The number of rotatable bonds is 5. The summed E-state index contributed by atoms with van der Waals surface area (Å²) in [5.41, 5.74) is 9.77. The number of aromatic nitrogens is 3. The van der Waals surface area contributed by atoms with Crippen molar-refractivity contribution < 1.29 is 0 Å². The Labute approximate surface area is 157 Å². The predicted molar refractivity (Wildman–Crippen MR) is 110 cm³/mol. The molecular formula is C21H20N6. The van der Waals surface area contributed by atoms with E-state index in [1.807, 2.05) is 48.5 Å². The number of nitrogens with one attached hydrogen (secondary N) is 2. The van der Waals surface area contributed by atoms with Crippen molar-refractivity contribution in [2.75, 3.05) is 16.4 Å². The van der Waals surface area contributed by atoms with Crippen LogP contribution in [0.2, 0.25) is 0 Å². The molecule has 4 rings (SSSR count). The summed E-state index contributed by atoms with van der Waals surface area (Å²) in [6, 6.07) is 20.0. The van der Waals surface area contributed by atoms with E-state index in [-0.39, 0.29) is 6.04 Å². The molecule has 2 aromatic heterocycles. The normalized spacial score (nSPS) is 11.9. The van der Waals surface area contributed by atoms with Crippen LogP contribution in [0.15, 0.2) is 73.2 Å². The van der Waals surface area contributed by atoms with E-state index in [0.29, 0.717) is 17.3 Å². The van der Waals surface area contributed by atoms with E-state index in [9.17, 15) is 0 Å². The van der Waals surface area contributed by atoms with Crippen LogP contribution >= 0.6 is 0 Å². The average Bonchev–Trinajstić information content (AvgIpc) is 2.72. The summed E-state index contributed by atoms with van der Waals surface area (Å²) >= 11 is 0. The monoisotopic (exact) mass is 356 g/mol. The molecule has 0 saturated carbocycles. The van der Waals surface area contributed by atoms with Gasteiger partial charge in [0.15, 0.2) is 11.6 Å². The maximum Gasteiger partial charge on any atom is 0.159 e. The zero-order chi connectivity index (χ0) is 18.6. The Morgan fingerprint density at radius 3 is 2.52 bits per heavy atom. The van der Waals surface area contributed by atoms with Crippen LogP contribution in [0.1, 0.15) is 18.5 Å².